The quantitative estimate of drug-likeness (QED) is 0.237. The molecule has 148 valence electrons. The molecule has 0 atom stereocenters. The first-order valence-electron chi connectivity index (χ1n) is 9.01. The summed E-state index contributed by atoms with van der Waals surface area (Å²) in [7, 11) is 0. The average Bonchev–Trinajstić information content (AvgIpc) is 2.69. The van der Waals surface area contributed by atoms with E-state index in [1.165, 1.54) is 43.3 Å². The third kappa shape index (κ3) is 6.77. The number of hydrazone groups is 1. The molecule has 0 aliphatic carbocycles. The lowest BCUT2D eigenvalue weighted by atomic mass is 10.2. The molecule has 0 radical (unpaired) electrons. The minimum absolute atomic E-state index is 0.151. The van der Waals surface area contributed by atoms with Crippen molar-refractivity contribution in [2.24, 2.45) is 5.10 Å². The Hall–Kier alpha value is -2.74. The molecule has 7 nitrogen and oxygen atoms in total. The van der Waals surface area contributed by atoms with E-state index >= 15 is 0 Å². The maximum Gasteiger partial charge on any atom is 0.271 e. The summed E-state index contributed by atoms with van der Waals surface area (Å²) in [5, 5.41) is 14.8. The van der Waals surface area contributed by atoms with Crippen LogP contribution in [0, 0.1) is 10.1 Å². The highest BCUT2D eigenvalue weighted by atomic mass is 79.9. The number of hydrogen-bond acceptors (Lipinski definition) is 5. The van der Waals surface area contributed by atoms with E-state index in [1.807, 2.05) is 18.2 Å². The van der Waals surface area contributed by atoms with Gasteiger partial charge in [0, 0.05) is 27.7 Å². The monoisotopic (exact) mass is 447 g/mol. The van der Waals surface area contributed by atoms with Crippen LogP contribution in [0.4, 0.5) is 5.69 Å². The summed E-state index contributed by atoms with van der Waals surface area (Å²) >= 11 is 3.41. The number of hydrogen-bond donors (Lipinski definition) is 1. The van der Waals surface area contributed by atoms with E-state index in [4.69, 9.17) is 4.74 Å². The maximum atomic E-state index is 12.1. The van der Waals surface area contributed by atoms with Crippen molar-refractivity contribution in [3.05, 3.63) is 68.2 Å². The molecule has 0 heterocycles. The van der Waals surface area contributed by atoms with Crippen LogP contribution in [0.25, 0.3) is 0 Å². The molecular formula is C20H22BrN3O4. The van der Waals surface area contributed by atoms with Gasteiger partial charge in [-0.3, -0.25) is 14.9 Å². The molecule has 0 fully saturated rings. The van der Waals surface area contributed by atoms with Crippen LogP contribution in [0.5, 0.6) is 5.75 Å². The van der Waals surface area contributed by atoms with Gasteiger partial charge in [0.05, 0.1) is 17.7 Å². The van der Waals surface area contributed by atoms with Crippen LogP contribution in [-0.2, 0) is 0 Å². The second-order valence-electron chi connectivity index (χ2n) is 6.10. The second kappa shape index (κ2) is 11.2. The summed E-state index contributed by atoms with van der Waals surface area (Å²) in [5.74, 6) is 0.144. The molecule has 0 aliphatic heterocycles. The van der Waals surface area contributed by atoms with Crippen LogP contribution >= 0.6 is 15.9 Å². The van der Waals surface area contributed by atoms with E-state index in [-0.39, 0.29) is 11.3 Å². The highest BCUT2D eigenvalue weighted by molar-refractivity contribution is 9.10. The van der Waals surface area contributed by atoms with Crippen molar-refractivity contribution in [3.63, 3.8) is 0 Å². The molecule has 2 aromatic carbocycles. The topological polar surface area (TPSA) is 93.8 Å². The molecule has 0 aliphatic rings. The molecular weight excluding hydrogens is 426 g/mol. The van der Waals surface area contributed by atoms with Gasteiger partial charge in [0.1, 0.15) is 5.75 Å². The molecule has 1 amide bonds. The number of non-ortho nitro benzene ring substituents is 1. The van der Waals surface area contributed by atoms with E-state index in [0.29, 0.717) is 17.9 Å². The summed E-state index contributed by atoms with van der Waals surface area (Å²) in [6.07, 6.45) is 5.93. The van der Waals surface area contributed by atoms with E-state index in [2.05, 4.69) is 33.4 Å². The van der Waals surface area contributed by atoms with Gasteiger partial charge < -0.3 is 4.74 Å². The van der Waals surface area contributed by atoms with E-state index in [1.54, 1.807) is 0 Å². The first-order chi connectivity index (χ1) is 13.5. The number of halogens is 1. The van der Waals surface area contributed by atoms with Crippen molar-refractivity contribution in [1.29, 1.82) is 0 Å². The van der Waals surface area contributed by atoms with Crippen LogP contribution < -0.4 is 10.2 Å². The Morgan fingerprint density at radius 2 is 2.07 bits per heavy atom. The minimum Gasteiger partial charge on any atom is -0.493 e. The van der Waals surface area contributed by atoms with Crippen molar-refractivity contribution in [2.75, 3.05) is 6.61 Å². The standard InChI is InChI=1S/C20H22BrN3O4/c1-2-3-4-5-11-28-19-10-9-17(21)12-16(19)14-22-23-20(25)15-7-6-8-18(13-15)24(26)27/h6-10,12-14H,2-5,11H2,1H3,(H,23,25). The van der Waals surface area contributed by atoms with Gasteiger partial charge >= 0.3 is 0 Å². The molecule has 0 spiro atoms. The zero-order chi connectivity index (χ0) is 20.4. The Balaban J connectivity index is 2.00. The fraction of sp³-hybridized carbons (Fsp3) is 0.300. The maximum absolute atomic E-state index is 12.1. The van der Waals surface area contributed by atoms with Crippen LogP contribution in [0.3, 0.4) is 0 Å². The van der Waals surface area contributed by atoms with Crippen LogP contribution in [-0.4, -0.2) is 23.7 Å². The molecule has 8 heteroatoms. The van der Waals surface area contributed by atoms with Gasteiger partial charge in [-0.2, -0.15) is 5.10 Å². The number of nitro benzene ring substituents is 1. The van der Waals surface area contributed by atoms with Crippen molar-refractivity contribution in [2.45, 2.75) is 32.6 Å². The Bertz CT molecular complexity index is 855. The first kappa shape index (κ1) is 21.6. The molecule has 0 aromatic heterocycles. The molecule has 0 unspecified atom stereocenters. The Morgan fingerprint density at radius 3 is 2.82 bits per heavy atom. The Morgan fingerprint density at radius 1 is 1.25 bits per heavy atom. The van der Waals surface area contributed by atoms with Crippen LogP contribution in [0.2, 0.25) is 0 Å². The molecule has 2 rings (SSSR count). The summed E-state index contributed by atoms with van der Waals surface area (Å²) < 4.78 is 6.68. The predicted octanol–water partition coefficient (Wildman–Crippen LogP) is 5.08. The number of ether oxygens (including phenoxy) is 1. The highest BCUT2D eigenvalue weighted by Crippen LogP contribution is 2.22. The van der Waals surface area contributed by atoms with Crippen LogP contribution in [0.15, 0.2) is 52.0 Å². The van der Waals surface area contributed by atoms with Gasteiger partial charge in [-0.25, -0.2) is 5.43 Å². The van der Waals surface area contributed by atoms with Gasteiger partial charge in [0.2, 0.25) is 0 Å². The molecule has 0 saturated heterocycles. The number of amides is 1. The van der Waals surface area contributed by atoms with Crippen molar-refractivity contribution < 1.29 is 14.5 Å². The highest BCUT2D eigenvalue weighted by Gasteiger charge is 2.11. The zero-order valence-corrected chi connectivity index (χ0v) is 17.1. The summed E-state index contributed by atoms with van der Waals surface area (Å²) in [5.41, 5.74) is 3.10. The van der Waals surface area contributed by atoms with Crippen molar-refractivity contribution in [3.8, 4) is 5.75 Å². The van der Waals surface area contributed by atoms with Gasteiger partial charge in [-0.1, -0.05) is 48.2 Å². The first-order valence-corrected chi connectivity index (χ1v) is 9.80. The molecule has 0 saturated carbocycles. The third-order valence-electron chi connectivity index (χ3n) is 3.92. The average molecular weight is 448 g/mol. The summed E-state index contributed by atoms with van der Waals surface area (Å²) in [6.45, 7) is 2.77. The third-order valence-corrected chi connectivity index (χ3v) is 4.41. The smallest absolute Gasteiger partial charge is 0.271 e. The zero-order valence-electron chi connectivity index (χ0n) is 15.6. The number of carbonyl (C=O) groups excluding carboxylic acids is 1. The fourth-order valence-electron chi connectivity index (χ4n) is 2.45. The number of rotatable bonds is 10. The fourth-order valence-corrected chi connectivity index (χ4v) is 2.83. The minimum atomic E-state index is -0.550. The van der Waals surface area contributed by atoms with Gasteiger partial charge in [0.25, 0.3) is 11.6 Å². The Kier molecular flexibility index (Phi) is 8.61. The number of nitrogens with one attached hydrogen (secondary N) is 1. The van der Waals surface area contributed by atoms with Gasteiger partial charge in [-0.15, -0.1) is 0 Å². The number of nitro groups is 1. The van der Waals surface area contributed by atoms with Crippen molar-refractivity contribution in [1.82, 2.24) is 5.43 Å². The van der Waals surface area contributed by atoms with E-state index in [0.717, 1.165) is 17.3 Å². The van der Waals surface area contributed by atoms with Gasteiger partial charge in [0.15, 0.2) is 0 Å². The number of nitrogens with zero attached hydrogens (tertiary/aromatic N) is 2. The lowest BCUT2D eigenvalue weighted by molar-refractivity contribution is -0.384. The molecule has 2 aromatic rings. The second-order valence-corrected chi connectivity index (χ2v) is 7.01. The number of benzene rings is 2. The molecule has 28 heavy (non-hydrogen) atoms. The number of unbranched alkanes of at least 4 members (excludes halogenated alkanes) is 3. The summed E-state index contributed by atoms with van der Waals surface area (Å²) in [4.78, 5) is 22.4. The summed E-state index contributed by atoms with van der Waals surface area (Å²) in [6, 6.07) is 11.0. The normalized spacial score (nSPS) is 10.8. The molecule has 1 N–H and O–H groups in total. The lowest BCUT2D eigenvalue weighted by Crippen LogP contribution is -2.17. The lowest BCUT2D eigenvalue weighted by Gasteiger charge is -2.09. The Labute approximate surface area is 172 Å². The largest absolute Gasteiger partial charge is 0.493 e. The number of carbonyl (C=O) groups is 1. The molecule has 0 bridgehead atoms. The van der Waals surface area contributed by atoms with E-state index in [9.17, 15) is 14.9 Å². The van der Waals surface area contributed by atoms with Gasteiger partial charge in [-0.05, 0) is 30.7 Å². The van der Waals surface area contributed by atoms with Crippen molar-refractivity contribution >= 4 is 33.7 Å². The SMILES string of the molecule is CCCCCCOc1ccc(Br)cc1C=NNC(=O)c1cccc([N+](=O)[O-])c1. The van der Waals surface area contributed by atoms with E-state index < -0.39 is 10.8 Å². The van der Waals surface area contributed by atoms with Crippen LogP contribution in [0.1, 0.15) is 48.5 Å². The predicted molar refractivity (Wildman–Crippen MR) is 112 cm³/mol.